The first-order valence-electron chi connectivity index (χ1n) is 7.51. The third-order valence-corrected chi connectivity index (χ3v) is 4.53. The van der Waals surface area contributed by atoms with Crippen LogP contribution in [0.4, 0.5) is 5.69 Å². The molecule has 132 valence electrons. The van der Waals surface area contributed by atoms with Crippen molar-refractivity contribution in [2.45, 2.75) is 13.5 Å². The van der Waals surface area contributed by atoms with E-state index in [1.165, 1.54) is 29.5 Å². The summed E-state index contributed by atoms with van der Waals surface area (Å²) in [6.45, 7) is 6.37. The molecule has 1 aromatic heterocycles. The fraction of sp³-hybridized carbons (Fsp3) is 0.235. The first-order chi connectivity index (χ1) is 12.0. The van der Waals surface area contributed by atoms with Crippen molar-refractivity contribution >= 4 is 34.5 Å². The molecule has 6 nitrogen and oxygen atoms in total. The van der Waals surface area contributed by atoms with E-state index in [1.54, 1.807) is 24.0 Å². The summed E-state index contributed by atoms with van der Waals surface area (Å²) in [5.41, 5.74) is -0.00919. The molecule has 1 amide bonds. The molecule has 0 unspecified atom stereocenters. The lowest BCUT2D eigenvalue weighted by Gasteiger charge is -2.20. The minimum Gasteiger partial charge on any atom is -0.487 e. The summed E-state index contributed by atoms with van der Waals surface area (Å²) in [5, 5.41) is 11.2. The van der Waals surface area contributed by atoms with Crippen LogP contribution in [0.1, 0.15) is 22.2 Å². The van der Waals surface area contributed by atoms with E-state index in [-0.39, 0.29) is 22.9 Å². The average molecular weight is 381 g/mol. The molecule has 0 aliphatic heterocycles. The van der Waals surface area contributed by atoms with Crippen LogP contribution in [0.3, 0.4) is 0 Å². The predicted octanol–water partition coefficient (Wildman–Crippen LogP) is 4.54. The van der Waals surface area contributed by atoms with E-state index in [2.05, 4.69) is 6.58 Å². The normalized spacial score (nSPS) is 10.3. The van der Waals surface area contributed by atoms with Gasteiger partial charge in [-0.25, -0.2) is 0 Å². The van der Waals surface area contributed by atoms with Crippen molar-refractivity contribution in [3.63, 3.8) is 0 Å². The van der Waals surface area contributed by atoms with Crippen LogP contribution >= 0.6 is 22.9 Å². The van der Waals surface area contributed by atoms with E-state index in [1.807, 2.05) is 6.07 Å². The zero-order chi connectivity index (χ0) is 18.4. The number of carbonyl (C=O) groups is 1. The van der Waals surface area contributed by atoms with Gasteiger partial charge in [0.1, 0.15) is 0 Å². The monoisotopic (exact) mass is 380 g/mol. The van der Waals surface area contributed by atoms with Crippen LogP contribution in [-0.2, 0) is 6.54 Å². The maximum atomic E-state index is 12.8. The molecular formula is C17H17ClN2O4S. The molecule has 0 saturated heterocycles. The Balaban J connectivity index is 2.30. The fourth-order valence-corrected chi connectivity index (χ4v) is 3.36. The van der Waals surface area contributed by atoms with Gasteiger partial charge < -0.3 is 9.64 Å². The van der Waals surface area contributed by atoms with Crippen molar-refractivity contribution in [1.82, 2.24) is 4.90 Å². The lowest BCUT2D eigenvalue weighted by atomic mass is 10.1. The van der Waals surface area contributed by atoms with E-state index in [4.69, 9.17) is 16.3 Å². The van der Waals surface area contributed by atoms with E-state index in [0.717, 1.165) is 4.88 Å². The second-order valence-corrected chi connectivity index (χ2v) is 6.85. The second-order valence-electron chi connectivity index (χ2n) is 5.05. The highest BCUT2D eigenvalue weighted by Crippen LogP contribution is 2.29. The molecule has 0 spiro atoms. The fourth-order valence-electron chi connectivity index (χ4n) is 2.25. The first-order valence-corrected chi connectivity index (χ1v) is 8.71. The van der Waals surface area contributed by atoms with Gasteiger partial charge in [0.05, 0.1) is 22.4 Å². The molecule has 0 saturated carbocycles. The Morgan fingerprint density at radius 1 is 1.44 bits per heavy atom. The molecule has 0 N–H and O–H groups in total. The van der Waals surface area contributed by atoms with Crippen LogP contribution in [0.2, 0.25) is 4.34 Å². The van der Waals surface area contributed by atoms with Gasteiger partial charge in [-0.1, -0.05) is 17.7 Å². The number of hydrogen-bond acceptors (Lipinski definition) is 5. The Morgan fingerprint density at radius 2 is 2.20 bits per heavy atom. The van der Waals surface area contributed by atoms with Crippen LogP contribution < -0.4 is 4.74 Å². The molecule has 0 fully saturated rings. The second kappa shape index (κ2) is 8.64. The number of halogens is 1. The minimum atomic E-state index is -0.557. The van der Waals surface area contributed by atoms with Gasteiger partial charge in [0.25, 0.3) is 5.91 Å². The maximum absolute atomic E-state index is 12.8. The van der Waals surface area contributed by atoms with E-state index in [0.29, 0.717) is 24.0 Å². The molecule has 0 radical (unpaired) electrons. The zero-order valence-corrected chi connectivity index (χ0v) is 15.2. The number of nitrogens with zero attached hydrogens (tertiary/aromatic N) is 2. The van der Waals surface area contributed by atoms with Gasteiger partial charge in [0, 0.05) is 23.1 Å². The van der Waals surface area contributed by atoms with E-state index >= 15 is 0 Å². The number of carbonyl (C=O) groups excluding carboxylic acids is 1. The number of hydrogen-bond donors (Lipinski definition) is 0. The maximum Gasteiger partial charge on any atom is 0.311 e. The van der Waals surface area contributed by atoms with Crippen molar-refractivity contribution in [3.05, 3.63) is 67.9 Å². The van der Waals surface area contributed by atoms with E-state index < -0.39 is 4.92 Å². The van der Waals surface area contributed by atoms with Crippen LogP contribution in [0.5, 0.6) is 5.75 Å². The Hall–Kier alpha value is -2.38. The molecular weight excluding hydrogens is 364 g/mol. The number of rotatable bonds is 8. The van der Waals surface area contributed by atoms with Crippen molar-refractivity contribution in [3.8, 4) is 5.75 Å². The number of thiophene rings is 1. The quantitative estimate of drug-likeness (QED) is 0.383. The summed E-state index contributed by atoms with van der Waals surface area (Å²) in [7, 11) is 0. The van der Waals surface area contributed by atoms with Gasteiger partial charge in [0.2, 0.25) is 0 Å². The van der Waals surface area contributed by atoms with Gasteiger partial charge in [0.15, 0.2) is 5.75 Å². The summed E-state index contributed by atoms with van der Waals surface area (Å²) in [5.74, 6) is -0.181. The molecule has 0 bridgehead atoms. The van der Waals surface area contributed by atoms with Gasteiger partial charge in [-0.05, 0) is 31.2 Å². The van der Waals surface area contributed by atoms with Crippen LogP contribution in [0.15, 0.2) is 43.0 Å². The number of nitro benzene ring substituents is 1. The lowest BCUT2D eigenvalue weighted by molar-refractivity contribution is -0.385. The van der Waals surface area contributed by atoms with Crippen molar-refractivity contribution in [2.75, 3.05) is 13.2 Å². The highest BCUT2D eigenvalue weighted by Gasteiger charge is 2.22. The first kappa shape index (κ1) is 19.0. The van der Waals surface area contributed by atoms with Gasteiger partial charge in [-0.2, -0.15) is 0 Å². The Kier molecular flexibility index (Phi) is 6.55. The summed E-state index contributed by atoms with van der Waals surface area (Å²) in [6, 6.07) is 7.82. The Morgan fingerprint density at radius 3 is 2.76 bits per heavy atom. The molecule has 1 aromatic carbocycles. The summed E-state index contributed by atoms with van der Waals surface area (Å²) >= 11 is 7.31. The zero-order valence-electron chi connectivity index (χ0n) is 13.6. The van der Waals surface area contributed by atoms with Crippen LogP contribution in [0, 0.1) is 10.1 Å². The number of ether oxygens (including phenoxy) is 1. The molecule has 0 aliphatic carbocycles. The average Bonchev–Trinajstić information content (AvgIpc) is 2.99. The van der Waals surface area contributed by atoms with Crippen LogP contribution in [0.25, 0.3) is 0 Å². The lowest BCUT2D eigenvalue weighted by Crippen LogP contribution is -2.30. The van der Waals surface area contributed by atoms with Crippen molar-refractivity contribution < 1.29 is 14.5 Å². The van der Waals surface area contributed by atoms with Gasteiger partial charge in [-0.3, -0.25) is 14.9 Å². The highest BCUT2D eigenvalue weighted by molar-refractivity contribution is 7.16. The van der Waals surface area contributed by atoms with Crippen LogP contribution in [-0.4, -0.2) is 28.9 Å². The minimum absolute atomic E-state index is 0.143. The standard InChI is InChI=1S/C17H17ClN2O4S/c1-3-9-19(11-13-6-8-16(18)25-13)17(21)12-5-7-15(24-4-2)14(10-12)20(22)23/h3,5-8,10H,1,4,9,11H2,2H3. The third-order valence-electron chi connectivity index (χ3n) is 3.31. The third kappa shape index (κ3) is 4.80. The molecule has 1 heterocycles. The molecule has 0 aliphatic rings. The molecule has 2 aromatic rings. The molecule has 8 heteroatoms. The number of amides is 1. The predicted molar refractivity (Wildman–Crippen MR) is 98.5 cm³/mol. The van der Waals surface area contributed by atoms with E-state index in [9.17, 15) is 14.9 Å². The molecule has 0 atom stereocenters. The van der Waals surface area contributed by atoms with Crippen molar-refractivity contribution in [1.29, 1.82) is 0 Å². The smallest absolute Gasteiger partial charge is 0.311 e. The van der Waals surface area contributed by atoms with Gasteiger partial charge in [-0.15, -0.1) is 17.9 Å². The molecule has 2 rings (SSSR count). The van der Waals surface area contributed by atoms with Crippen molar-refractivity contribution in [2.24, 2.45) is 0 Å². The Labute approximate surface area is 154 Å². The van der Waals surface area contributed by atoms with Gasteiger partial charge >= 0.3 is 5.69 Å². The Bertz CT molecular complexity index is 791. The topological polar surface area (TPSA) is 72.7 Å². The number of benzene rings is 1. The summed E-state index contributed by atoms with van der Waals surface area (Å²) in [6.07, 6.45) is 1.61. The highest BCUT2D eigenvalue weighted by atomic mass is 35.5. The SMILES string of the molecule is C=CCN(Cc1ccc(Cl)s1)C(=O)c1ccc(OCC)c([N+](=O)[O-])c1. The summed E-state index contributed by atoms with van der Waals surface area (Å²) < 4.78 is 5.88. The largest absolute Gasteiger partial charge is 0.487 e. The molecule has 25 heavy (non-hydrogen) atoms. The number of nitro groups is 1. The summed E-state index contributed by atoms with van der Waals surface area (Å²) in [4.78, 5) is 25.9.